The Kier molecular flexibility index (Phi) is 3.43. The number of amides is 1. The second kappa shape index (κ2) is 5.10. The molecule has 0 aromatic heterocycles. The second-order valence-electron chi connectivity index (χ2n) is 5.12. The van der Waals surface area contributed by atoms with E-state index >= 15 is 0 Å². The van der Waals surface area contributed by atoms with E-state index in [2.05, 4.69) is 0 Å². The monoisotopic (exact) mass is 292 g/mol. The van der Waals surface area contributed by atoms with Crippen molar-refractivity contribution >= 4 is 23.6 Å². The number of thioether (sulfide) groups is 1. The quantitative estimate of drug-likeness (QED) is 0.856. The molecule has 4 atom stereocenters. The Morgan fingerprint density at radius 1 is 1.30 bits per heavy atom. The maximum absolute atomic E-state index is 12.4. The SMILES string of the molecule is NC1C(=O)N2C(CCC2C(=O)O)SC1c1ccccc1. The fourth-order valence-corrected chi connectivity index (χ4v) is 4.53. The van der Waals surface area contributed by atoms with Gasteiger partial charge in [0, 0.05) is 0 Å². The molecule has 2 fully saturated rings. The maximum Gasteiger partial charge on any atom is 0.326 e. The Hall–Kier alpha value is -1.53. The van der Waals surface area contributed by atoms with Crippen molar-refractivity contribution in [3.05, 3.63) is 35.9 Å². The number of carboxylic acid groups (broad SMARTS) is 1. The van der Waals surface area contributed by atoms with Crippen molar-refractivity contribution in [3.8, 4) is 0 Å². The van der Waals surface area contributed by atoms with Crippen LogP contribution in [0.1, 0.15) is 23.7 Å². The van der Waals surface area contributed by atoms with Crippen LogP contribution in [0.3, 0.4) is 0 Å². The fourth-order valence-electron chi connectivity index (χ4n) is 2.94. The Morgan fingerprint density at radius 2 is 2.00 bits per heavy atom. The predicted octanol–water partition coefficient (Wildman–Crippen LogP) is 1.20. The standard InChI is InChI=1S/C14H16N2O3S/c15-11-12(8-4-2-1-3-5-8)20-10-7-6-9(14(18)19)16(10)13(11)17/h1-5,9-12H,6-7,15H2,(H,18,19). The number of hydrogen-bond donors (Lipinski definition) is 2. The minimum absolute atomic E-state index is 0.0754. The van der Waals surface area contributed by atoms with E-state index in [0.717, 1.165) is 5.56 Å². The molecule has 2 aliphatic rings. The van der Waals surface area contributed by atoms with Crippen LogP contribution in [0.15, 0.2) is 30.3 Å². The lowest BCUT2D eigenvalue weighted by Crippen LogP contribution is -2.56. The van der Waals surface area contributed by atoms with Crippen LogP contribution in [0.25, 0.3) is 0 Å². The molecule has 0 bridgehead atoms. The van der Waals surface area contributed by atoms with E-state index in [1.807, 2.05) is 30.3 Å². The third-order valence-corrected chi connectivity index (χ3v) is 5.55. The number of carbonyl (C=O) groups excluding carboxylic acids is 1. The van der Waals surface area contributed by atoms with Gasteiger partial charge in [0.25, 0.3) is 0 Å². The van der Waals surface area contributed by atoms with Gasteiger partial charge in [-0.3, -0.25) is 4.79 Å². The summed E-state index contributed by atoms with van der Waals surface area (Å²) in [6.45, 7) is 0. The first kappa shape index (κ1) is 13.5. The maximum atomic E-state index is 12.4. The summed E-state index contributed by atoms with van der Waals surface area (Å²) in [4.78, 5) is 25.1. The number of hydrogen-bond acceptors (Lipinski definition) is 4. The molecule has 1 aromatic rings. The summed E-state index contributed by atoms with van der Waals surface area (Å²) < 4.78 is 0. The molecule has 0 aliphatic carbocycles. The third kappa shape index (κ3) is 2.09. The number of benzene rings is 1. The lowest BCUT2D eigenvalue weighted by molar-refractivity contribution is -0.149. The van der Waals surface area contributed by atoms with E-state index in [0.29, 0.717) is 12.8 Å². The number of carbonyl (C=O) groups is 2. The van der Waals surface area contributed by atoms with Crippen LogP contribution in [-0.4, -0.2) is 39.3 Å². The van der Waals surface area contributed by atoms with Crippen LogP contribution in [0, 0.1) is 0 Å². The number of nitrogens with zero attached hydrogens (tertiary/aromatic N) is 1. The zero-order valence-corrected chi connectivity index (χ0v) is 11.6. The normalized spacial score (nSPS) is 33.0. The van der Waals surface area contributed by atoms with E-state index in [4.69, 9.17) is 5.73 Å². The molecule has 6 heteroatoms. The molecule has 3 N–H and O–H groups in total. The van der Waals surface area contributed by atoms with Gasteiger partial charge in [-0.05, 0) is 18.4 Å². The summed E-state index contributed by atoms with van der Waals surface area (Å²) in [5.74, 6) is -1.18. The summed E-state index contributed by atoms with van der Waals surface area (Å²) in [6.07, 6.45) is 1.22. The van der Waals surface area contributed by atoms with Gasteiger partial charge in [0.2, 0.25) is 5.91 Å². The molecule has 5 nitrogen and oxygen atoms in total. The number of rotatable bonds is 2. The van der Waals surface area contributed by atoms with Crippen LogP contribution in [0.5, 0.6) is 0 Å². The lowest BCUT2D eigenvalue weighted by Gasteiger charge is -2.39. The molecule has 0 radical (unpaired) electrons. The molecule has 20 heavy (non-hydrogen) atoms. The highest BCUT2D eigenvalue weighted by atomic mass is 32.2. The number of aliphatic carboxylic acids is 1. The Labute approximate surface area is 121 Å². The Bertz CT molecular complexity index is 536. The Morgan fingerprint density at radius 3 is 2.65 bits per heavy atom. The van der Waals surface area contributed by atoms with E-state index in [-0.39, 0.29) is 16.5 Å². The first-order valence-corrected chi connectivity index (χ1v) is 7.55. The van der Waals surface area contributed by atoms with Crippen LogP contribution in [0.2, 0.25) is 0 Å². The molecule has 1 amide bonds. The molecule has 2 saturated heterocycles. The van der Waals surface area contributed by atoms with Gasteiger partial charge in [-0.25, -0.2) is 4.79 Å². The topological polar surface area (TPSA) is 83.6 Å². The zero-order valence-electron chi connectivity index (χ0n) is 10.8. The average Bonchev–Trinajstić information content (AvgIpc) is 2.88. The first-order chi connectivity index (χ1) is 9.59. The van der Waals surface area contributed by atoms with Gasteiger partial charge < -0.3 is 15.7 Å². The molecule has 4 unspecified atom stereocenters. The van der Waals surface area contributed by atoms with Crippen molar-refractivity contribution in [2.24, 2.45) is 5.73 Å². The van der Waals surface area contributed by atoms with Gasteiger partial charge >= 0.3 is 5.97 Å². The lowest BCUT2D eigenvalue weighted by atomic mass is 10.0. The largest absolute Gasteiger partial charge is 0.480 e. The van der Waals surface area contributed by atoms with Crippen LogP contribution < -0.4 is 5.73 Å². The number of nitrogens with two attached hydrogens (primary N) is 1. The minimum atomic E-state index is -0.938. The highest BCUT2D eigenvalue weighted by Crippen LogP contribution is 2.46. The minimum Gasteiger partial charge on any atom is -0.480 e. The van der Waals surface area contributed by atoms with Gasteiger partial charge in [-0.1, -0.05) is 30.3 Å². The molecule has 2 heterocycles. The second-order valence-corrected chi connectivity index (χ2v) is 6.45. The zero-order chi connectivity index (χ0) is 14.3. The Balaban J connectivity index is 1.88. The van der Waals surface area contributed by atoms with Crippen molar-refractivity contribution in [1.29, 1.82) is 0 Å². The molecular weight excluding hydrogens is 276 g/mol. The molecule has 106 valence electrons. The molecule has 1 aromatic carbocycles. The predicted molar refractivity (Wildman–Crippen MR) is 76.0 cm³/mol. The van der Waals surface area contributed by atoms with Crippen molar-refractivity contribution in [1.82, 2.24) is 4.90 Å². The van der Waals surface area contributed by atoms with Gasteiger partial charge in [0.05, 0.1) is 10.6 Å². The van der Waals surface area contributed by atoms with E-state index < -0.39 is 18.1 Å². The van der Waals surface area contributed by atoms with E-state index in [1.54, 1.807) is 11.8 Å². The van der Waals surface area contributed by atoms with Crippen molar-refractivity contribution in [2.45, 2.75) is 35.5 Å². The summed E-state index contributed by atoms with van der Waals surface area (Å²) in [6, 6.07) is 8.30. The summed E-state index contributed by atoms with van der Waals surface area (Å²) in [5, 5.41) is 9.02. The van der Waals surface area contributed by atoms with Gasteiger partial charge in [-0.15, -0.1) is 11.8 Å². The van der Waals surface area contributed by atoms with Crippen LogP contribution >= 0.6 is 11.8 Å². The summed E-state index contributed by atoms with van der Waals surface area (Å²) in [7, 11) is 0. The molecular formula is C14H16N2O3S. The molecule has 0 spiro atoms. The summed E-state index contributed by atoms with van der Waals surface area (Å²) in [5.41, 5.74) is 7.09. The molecule has 0 saturated carbocycles. The third-order valence-electron chi connectivity index (χ3n) is 3.92. The smallest absolute Gasteiger partial charge is 0.326 e. The van der Waals surface area contributed by atoms with Gasteiger partial charge in [-0.2, -0.15) is 0 Å². The van der Waals surface area contributed by atoms with Gasteiger partial charge in [0.1, 0.15) is 12.1 Å². The summed E-state index contributed by atoms with van der Waals surface area (Å²) >= 11 is 1.60. The van der Waals surface area contributed by atoms with Crippen molar-refractivity contribution in [3.63, 3.8) is 0 Å². The highest BCUT2D eigenvalue weighted by Gasteiger charge is 2.49. The van der Waals surface area contributed by atoms with Crippen LogP contribution in [0.4, 0.5) is 0 Å². The van der Waals surface area contributed by atoms with E-state index in [9.17, 15) is 14.7 Å². The van der Waals surface area contributed by atoms with Crippen LogP contribution in [-0.2, 0) is 9.59 Å². The van der Waals surface area contributed by atoms with E-state index in [1.165, 1.54) is 4.90 Å². The number of fused-ring (bicyclic) bond motifs is 1. The highest BCUT2D eigenvalue weighted by molar-refractivity contribution is 8.00. The average molecular weight is 292 g/mol. The molecule has 3 rings (SSSR count). The van der Waals surface area contributed by atoms with Crippen molar-refractivity contribution < 1.29 is 14.7 Å². The fraction of sp³-hybridized carbons (Fsp3) is 0.429. The first-order valence-electron chi connectivity index (χ1n) is 6.60. The van der Waals surface area contributed by atoms with Gasteiger partial charge in [0.15, 0.2) is 0 Å². The number of carboxylic acids is 1. The molecule has 2 aliphatic heterocycles. The van der Waals surface area contributed by atoms with Crippen molar-refractivity contribution in [2.75, 3.05) is 0 Å².